The molecule has 118 valence electrons. The maximum absolute atomic E-state index is 4.54. The highest BCUT2D eigenvalue weighted by molar-refractivity contribution is 5.89. The third-order valence-electron chi connectivity index (χ3n) is 4.76. The third kappa shape index (κ3) is 2.67. The second-order valence-electron chi connectivity index (χ2n) is 6.11. The van der Waals surface area contributed by atoms with E-state index in [1.165, 1.54) is 5.56 Å². The number of nitrogens with zero attached hydrogens (tertiary/aromatic N) is 5. The summed E-state index contributed by atoms with van der Waals surface area (Å²) in [6.45, 7) is 5.12. The lowest BCUT2D eigenvalue weighted by molar-refractivity contribution is 0.503. The molecule has 0 amide bonds. The van der Waals surface area contributed by atoms with Crippen LogP contribution in [0.15, 0.2) is 43.0 Å². The highest BCUT2D eigenvalue weighted by Gasteiger charge is 2.23. The number of piperidine rings is 1. The van der Waals surface area contributed by atoms with Crippen LogP contribution in [0.1, 0.15) is 31.2 Å². The molecule has 4 rings (SSSR count). The zero-order valence-electron chi connectivity index (χ0n) is 13.4. The van der Waals surface area contributed by atoms with Gasteiger partial charge in [0.25, 0.3) is 0 Å². The van der Waals surface area contributed by atoms with E-state index in [9.17, 15) is 0 Å². The van der Waals surface area contributed by atoms with E-state index in [0.717, 1.165) is 49.2 Å². The summed E-state index contributed by atoms with van der Waals surface area (Å²) in [7, 11) is 0. The Labute approximate surface area is 136 Å². The van der Waals surface area contributed by atoms with Gasteiger partial charge >= 0.3 is 0 Å². The monoisotopic (exact) mass is 307 g/mol. The molecule has 2 aromatic heterocycles. The Kier molecular flexibility index (Phi) is 3.69. The summed E-state index contributed by atoms with van der Waals surface area (Å²) in [6.07, 6.45) is 8.20. The average Bonchev–Trinajstić information content (AvgIpc) is 3.11. The zero-order valence-corrected chi connectivity index (χ0v) is 13.4. The molecule has 3 aromatic rings. The lowest BCUT2D eigenvalue weighted by atomic mass is 9.91. The van der Waals surface area contributed by atoms with Crippen molar-refractivity contribution in [2.75, 3.05) is 18.0 Å². The highest BCUT2D eigenvalue weighted by Crippen LogP contribution is 2.31. The number of aryl methyl sites for hydroxylation is 1. The molecule has 0 radical (unpaired) electrons. The van der Waals surface area contributed by atoms with Gasteiger partial charge < -0.3 is 4.90 Å². The van der Waals surface area contributed by atoms with Gasteiger partial charge in [0, 0.05) is 31.2 Å². The first-order valence-corrected chi connectivity index (χ1v) is 8.32. The Morgan fingerprint density at radius 2 is 1.96 bits per heavy atom. The number of hydrogen-bond donors (Lipinski definition) is 0. The van der Waals surface area contributed by atoms with Crippen molar-refractivity contribution in [3.05, 3.63) is 48.5 Å². The molecule has 0 spiro atoms. The molecule has 1 aliphatic heterocycles. The number of benzene rings is 1. The molecule has 1 aliphatic rings. The molecule has 3 heterocycles. The standard InChI is InChI=1S/C18H21N5/c1-2-23-12-15(11-21-23)14-7-9-22(10-8-14)18-16-5-3-4-6-17(16)19-13-20-18/h3-6,11-14H,2,7-10H2,1H3. The second-order valence-corrected chi connectivity index (χ2v) is 6.11. The number of rotatable bonds is 3. The summed E-state index contributed by atoms with van der Waals surface area (Å²) >= 11 is 0. The summed E-state index contributed by atoms with van der Waals surface area (Å²) in [5.74, 6) is 1.68. The average molecular weight is 307 g/mol. The van der Waals surface area contributed by atoms with E-state index in [0.29, 0.717) is 5.92 Å². The number of fused-ring (bicyclic) bond motifs is 1. The molecule has 0 bridgehead atoms. The Morgan fingerprint density at radius 1 is 1.13 bits per heavy atom. The van der Waals surface area contributed by atoms with Crippen LogP contribution in [0.4, 0.5) is 5.82 Å². The van der Waals surface area contributed by atoms with Gasteiger partial charge in [0.1, 0.15) is 12.1 Å². The zero-order chi connectivity index (χ0) is 15.6. The SMILES string of the molecule is CCn1cc(C2CCN(c3ncnc4ccccc34)CC2)cn1. The normalized spacial score (nSPS) is 16.1. The van der Waals surface area contributed by atoms with Crippen LogP contribution < -0.4 is 4.90 Å². The van der Waals surface area contributed by atoms with Gasteiger partial charge in [-0.25, -0.2) is 9.97 Å². The van der Waals surface area contributed by atoms with Crippen molar-refractivity contribution >= 4 is 16.7 Å². The minimum atomic E-state index is 0.611. The summed E-state index contributed by atoms with van der Waals surface area (Å²) < 4.78 is 2.01. The first-order valence-electron chi connectivity index (χ1n) is 8.32. The molecule has 0 aliphatic carbocycles. The molecule has 0 saturated carbocycles. The van der Waals surface area contributed by atoms with Crippen molar-refractivity contribution in [1.29, 1.82) is 0 Å². The summed E-state index contributed by atoms with van der Waals surface area (Å²) in [5, 5.41) is 5.56. The molecule has 0 unspecified atom stereocenters. The van der Waals surface area contributed by atoms with Crippen LogP contribution in [0.25, 0.3) is 10.9 Å². The molecule has 1 saturated heterocycles. The number of para-hydroxylation sites is 1. The van der Waals surface area contributed by atoms with Gasteiger partial charge in [-0.15, -0.1) is 0 Å². The summed E-state index contributed by atoms with van der Waals surface area (Å²) in [6, 6.07) is 8.24. The fraction of sp³-hybridized carbons (Fsp3) is 0.389. The van der Waals surface area contributed by atoms with E-state index >= 15 is 0 Å². The van der Waals surface area contributed by atoms with Crippen LogP contribution in [-0.4, -0.2) is 32.8 Å². The van der Waals surface area contributed by atoms with Crippen molar-refractivity contribution in [3.8, 4) is 0 Å². The number of anilines is 1. The first kappa shape index (κ1) is 14.2. The van der Waals surface area contributed by atoms with Crippen LogP contribution >= 0.6 is 0 Å². The number of hydrogen-bond acceptors (Lipinski definition) is 4. The van der Waals surface area contributed by atoms with Gasteiger partial charge in [0.05, 0.1) is 11.7 Å². The Balaban J connectivity index is 1.52. The van der Waals surface area contributed by atoms with Crippen molar-refractivity contribution in [1.82, 2.24) is 19.7 Å². The molecule has 5 heteroatoms. The van der Waals surface area contributed by atoms with Gasteiger partial charge in [-0.1, -0.05) is 12.1 Å². The topological polar surface area (TPSA) is 46.8 Å². The summed E-state index contributed by atoms with van der Waals surface area (Å²) in [5.41, 5.74) is 2.39. The van der Waals surface area contributed by atoms with Gasteiger partial charge in [0.15, 0.2) is 0 Å². The van der Waals surface area contributed by atoms with Crippen molar-refractivity contribution in [3.63, 3.8) is 0 Å². The molecule has 1 fully saturated rings. The lowest BCUT2D eigenvalue weighted by Gasteiger charge is -2.32. The van der Waals surface area contributed by atoms with Gasteiger partial charge in [-0.3, -0.25) is 4.68 Å². The van der Waals surface area contributed by atoms with E-state index in [1.54, 1.807) is 6.33 Å². The van der Waals surface area contributed by atoms with Crippen LogP contribution in [-0.2, 0) is 6.54 Å². The van der Waals surface area contributed by atoms with Crippen LogP contribution in [0, 0.1) is 0 Å². The molecule has 0 atom stereocenters. The van der Waals surface area contributed by atoms with E-state index in [2.05, 4.69) is 45.2 Å². The molecule has 1 aromatic carbocycles. The predicted octanol–water partition coefficient (Wildman–Crippen LogP) is 3.23. The van der Waals surface area contributed by atoms with Crippen molar-refractivity contribution in [2.45, 2.75) is 32.2 Å². The Morgan fingerprint density at radius 3 is 2.74 bits per heavy atom. The second kappa shape index (κ2) is 5.99. The van der Waals surface area contributed by atoms with Gasteiger partial charge in [-0.05, 0) is 43.4 Å². The Hall–Kier alpha value is -2.43. The lowest BCUT2D eigenvalue weighted by Crippen LogP contribution is -2.33. The van der Waals surface area contributed by atoms with Crippen LogP contribution in [0.3, 0.4) is 0 Å². The number of aromatic nitrogens is 4. The minimum Gasteiger partial charge on any atom is -0.356 e. The van der Waals surface area contributed by atoms with Crippen LogP contribution in [0.5, 0.6) is 0 Å². The Bertz CT molecular complexity index is 797. The van der Waals surface area contributed by atoms with Gasteiger partial charge in [0.2, 0.25) is 0 Å². The third-order valence-corrected chi connectivity index (χ3v) is 4.76. The molecular formula is C18H21N5. The molecule has 0 N–H and O–H groups in total. The van der Waals surface area contributed by atoms with E-state index in [4.69, 9.17) is 0 Å². The molecular weight excluding hydrogens is 286 g/mol. The predicted molar refractivity (Wildman–Crippen MR) is 91.6 cm³/mol. The highest BCUT2D eigenvalue weighted by atomic mass is 15.3. The fourth-order valence-corrected chi connectivity index (χ4v) is 3.43. The fourth-order valence-electron chi connectivity index (χ4n) is 3.43. The summed E-state index contributed by atoms with van der Waals surface area (Å²) in [4.78, 5) is 11.3. The maximum atomic E-state index is 4.54. The van der Waals surface area contributed by atoms with Gasteiger partial charge in [-0.2, -0.15) is 5.10 Å². The van der Waals surface area contributed by atoms with Crippen molar-refractivity contribution < 1.29 is 0 Å². The smallest absolute Gasteiger partial charge is 0.139 e. The van der Waals surface area contributed by atoms with E-state index in [1.807, 2.05) is 23.0 Å². The molecule has 23 heavy (non-hydrogen) atoms. The largest absolute Gasteiger partial charge is 0.356 e. The maximum Gasteiger partial charge on any atom is 0.139 e. The quantitative estimate of drug-likeness (QED) is 0.745. The first-order chi connectivity index (χ1) is 11.3. The van der Waals surface area contributed by atoms with Crippen LogP contribution in [0.2, 0.25) is 0 Å². The minimum absolute atomic E-state index is 0.611. The van der Waals surface area contributed by atoms with E-state index < -0.39 is 0 Å². The van der Waals surface area contributed by atoms with Crippen molar-refractivity contribution in [2.24, 2.45) is 0 Å². The molecule has 5 nitrogen and oxygen atoms in total. The van der Waals surface area contributed by atoms with E-state index in [-0.39, 0.29) is 0 Å².